The van der Waals surface area contributed by atoms with E-state index >= 15 is 0 Å². The molecule has 0 aromatic heterocycles. The molecular weight excluding hydrogens is 138 g/mol. The van der Waals surface area contributed by atoms with Crippen molar-refractivity contribution < 1.29 is 4.79 Å². The Labute approximate surface area is 69.4 Å². The molecule has 0 aromatic rings. The van der Waals surface area contributed by atoms with Crippen LogP contribution in [0.15, 0.2) is 0 Å². The van der Waals surface area contributed by atoms with E-state index in [2.05, 4.69) is 19.2 Å². The van der Waals surface area contributed by atoms with Gasteiger partial charge in [0.2, 0.25) is 0 Å². The molecule has 0 fully saturated rings. The molecule has 0 aliphatic rings. The van der Waals surface area contributed by atoms with Crippen LogP contribution in [0.3, 0.4) is 0 Å². The summed E-state index contributed by atoms with van der Waals surface area (Å²) in [6.07, 6.45) is 0.996. The number of Topliss-reactive ketones (excluding diaryl/α,β-unsaturated/α-hetero) is 1. The van der Waals surface area contributed by atoms with E-state index in [-0.39, 0.29) is 5.92 Å². The van der Waals surface area contributed by atoms with Gasteiger partial charge in [-0.25, -0.2) is 0 Å². The predicted molar refractivity (Wildman–Crippen MR) is 47.6 cm³/mol. The van der Waals surface area contributed by atoms with Gasteiger partial charge < -0.3 is 5.32 Å². The zero-order valence-electron chi connectivity index (χ0n) is 7.98. The predicted octanol–water partition coefficient (Wildman–Crippen LogP) is 1.46. The number of carbonyl (C=O) groups excluding carboxylic acids is 1. The number of ketones is 1. The fourth-order valence-electron chi connectivity index (χ4n) is 1.21. The Kier molecular flexibility index (Phi) is 5.12. The van der Waals surface area contributed by atoms with E-state index in [0.717, 1.165) is 13.0 Å². The number of hydrogen-bond acceptors (Lipinski definition) is 2. The summed E-state index contributed by atoms with van der Waals surface area (Å²) >= 11 is 0. The Hall–Kier alpha value is -0.370. The van der Waals surface area contributed by atoms with Crippen LogP contribution >= 0.6 is 0 Å². The van der Waals surface area contributed by atoms with Crippen molar-refractivity contribution in [2.75, 3.05) is 13.6 Å². The van der Waals surface area contributed by atoms with Crippen LogP contribution in [0.25, 0.3) is 0 Å². The zero-order valence-corrected chi connectivity index (χ0v) is 7.98. The van der Waals surface area contributed by atoms with Gasteiger partial charge in [0.15, 0.2) is 0 Å². The van der Waals surface area contributed by atoms with E-state index in [1.807, 2.05) is 7.05 Å². The number of nitrogens with one attached hydrogen (secondary N) is 1. The quantitative estimate of drug-likeness (QED) is 0.654. The van der Waals surface area contributed by atoms with Crippen molar-refractivity contribution in [3.63, 3.8) is 0 Å². The van der Waals surface area contributed by atoms with Crippen molar-refractivity contribution >= 4 is 5.78 Å². The van der Waals surface area contributed by atoms with Crippen molar-refractivity contribution in [2.45, 2.75) is 27.2 Å². The average Bonchev–Trinajstić information content (AvgIpc) is 1.86. The summed E-state index contributed by atoms with van der Waals surface area (Å²) in [5, 5.41) is 3.03. The minimum Gasteiger partial charge on any atom is -0.319 e. The summed E-state index contributed by atoms with van der Waals surface area (Å²) in [6.45, 7) is 6.77. The van der Waals surface area contributed by atoms with Gasteiger partial charge in [0.25, 0.3) is 0 Å². The molecule has 0 rings (SSSR count). The molecule has 1 N–H and O–H groups in total. The number of carbonyl (C=O) groups is 1. The Bertz CT molecular complexity index is 121. The van der Waals surface area contributed by atoms with Crippen LogP contribution in [0.4, 0.5) is 0 Å². The SMILES string of the molecule is CNCC(CC(C)C)C(C)=O. The topological polar surface area (TPSA) is 29.1 Å². The van der Waals surface area contributed by atoms with E-state index in [0.29, 0.717) is 11.7 Å². The molecule has 0 bridgehead atoms. The minimum atomic E-state index is 0.208. The van der Waals surface area contributed by atoms with Crippen molar-refractivity contribution in [1.82, 2.24) is 5.32 Å². The second-order valence-corrected chi connectivity index (χ2v) is 3.49. The van der Waals surface area contributed by atoms with Crippen LogP contribution in [0.5, 0.6) is 0 Å². The molecule has 0 amide bonds. The normalized spacial score (nSPS) is 13.5. The molecule has 0 saturated heterocycles. The monoisotopic (exact) mass is 157 g/mol. The highest BCUT2D eigenvalue weighted by molar-refractivity contribution is 5.78. The first-order valence-electron chi connectivity index (χ1n) is 4.23. The average molecular weight is 157 g/mol. The van der Waals surface area contributed by atoms with Crippen LogP contribution < -0.4 is 5.32 Å². The lowest BCUT2D eigenvalue weighted by Gasteiger charge is -2.14. The molecule has 0 radical (unpaired) electrons. The van der Waals surface area contributed by atoms with E-state index in [1.165, 1.54) is 0 Å². The molecule has 0 spiro atoms. The van der Waals surface area contributed by atoms with Crippen molar-refractivity contribution in [1.29, 1.82) is 0 Å². The highest BCUT2D eigenvalue weighted by atomic mass is 16.1. The maximum Gasteiger partial charge on any atom is 0.134 e. The molecule has 0 heterocycles. The van der Waals surface area contributed by atoms with E-state index in [1.54, 1.807) is 6.92 Å². The first kappa shape index (κ1) is 10.6. The Balaban J connectivity index is 3.79. The Morgan fingerprint density at radius 1 is 1.45 bits per heavy atom. The molecule has 11 heavy (non-hydrogen) atoms. The summed E-state index contributed by atoms with van der Waals surface area (Å²) in [6, 6.07) is 0. The molecule has 66 valence electrons. The van der Waals surface area contributed by atoms with Gasteiger partial charge in [-0.2, -0.15) is 0 Å². The summed E-state index contributed by atoms with van der Waals surface area (Å²) in [5.41, 5.74) is 0. The number of rotatable bonds is 5. The van der Waals surface area contributed by atoms with Gasteiger partial charge in [-0.15, -0.1) is 0 Å². The fourth-order valence-corrected chi connectivity index (χ4v) is 1.21. The van der Waals surface area contributed by atoms with E-state index in [4.69, 9.17) is 0 Å². The third kappa shape index (κ3) is 4.96. The maximum absolute atomic E-state index is 11.0. The fraction of sp³-hybridized carbons (Fsp3) is 0.889. The zero-order chi connectivity index (χ0) is 8.85. The Morgan fingerprint density at radius 2 is 2.00 bits per heavy atom. The summed E-state index contributed by atoms with van der Waals surface area (Å²) in [7, 11) is 1.89. The standard InChI is InChI=1S/C9H19NO/c1-7(2)5-9(6-10-4)8(3)11/h7,9-10H,5-6H2,1-4H3. The molecule has 0 aromatic carbocycles. The lowest BCUT2D eigenvalue weighted by atomic mass is 9.94. The second-order valence-electron chi connectivity index (χ2n) is 3.49. The van der Waals surface area contributed by atoms with Gasteiger partial charge in [-0.05, 0) is 26.3 Å². The van der Waals surface area contributed by atoms with Crippen molar-refractivity contribution in [2.24, 2.45) is 11.8 Å². The molecule has 2 heteroatoms. The molecule has 0 aliphatic carbocycles. The van der Waals surface area contributed by atoms with Crippen LogP contribution in [0.1, 0.15) is 27.2 Å². The van der Waals surface area contributed by atoms with Gasteiger partial charge in [0, 0.05) is 12.5 Å². The van der Waals surface area contributed by atoms with Gasteiger partial charge >= 0.3 is 0 Å². The molecule has 0 aliphatic heterocycles. The first-order valence-corrected chi connectivity index (χ1v) is 4.23. The highest BCUT2D eigenvalue weighted by Crippen LogP contribution is 2.11. The van der Waals surface area contributed by atoms with Crippen LogP contribution in [0.2, 0.25) is 0 Å². The third-order valence-electron chi connectivity index (χ3n) is 1.78. The molecule has 1 atom stereocenters. The molecule has 0 saturated carbocycles. The van der Waals surface area contributed by atoms with Crippen molar-refractivity contribution in [3.05, 3.63) is 0 Å². The third-order valence-corrected chi connectivity index (χ3v) is 1.78. The summed E-state index contributed by atoms with van der Waals surface area (Å²) < 4.78 is 0. The highest BCUT2D eigenvalue weighted by Gasteiger charge is 2.13. The minimum absolute atomic E-state index is 0.208. The van der Waals surface area contributed by atoms with E-state index < -0.39 is 0 Å². The van der Waals surface area contributed by atoms with Crippen LogP contribution in [-0.2, 0) is 4.79 Å². The van der Waals surface area contributed by atoms with Crippen molar-refractivity contribution in [3.8, 4) is 0 Å². The summed E-state index contributed by atoms with van der Waals surface area (Å²) in [5.74, 6) is 1.12. The first-order chi connectivity index (χ1) is 5.07. The molecule has 1 unspecified atom stereocenters. The molecular formula is C9H19NO. The smallest absolute Gasteiger partial charge is 0.134 e. The van der Waals surface area contributed by atoms with E-state index in [9.17, 15) is 4.79 Å². The second kappa shape index (κ2) is 5.30. The van der Waals surface area contributed by atoms with Gasteiger partial charge in [0.1, 0.15) is 5.78 Å². The van der Waals surface area contributed by atoms with Gasteiger partial charge in [-0.3, -0.25) is 4.79 Å². The van der Waals surface area contributed by atoms with Gasteiger partial charge in [-0.1, -0.05) is 13.8 Å². The van der Waals surface area contributed by atoms with Crippen LogP contribution in [0, 0.1) is 11.8 Å². The molecule has 2 nitrogen and oxygen atoms in total. The lowest BCUT2D eigenvalue weighted by Crippen LogP contribution is -2.25. The maximum atomic E-state index is 11.0. The summed E-state index contributed by atoms with van der Waals surface area (Å²) in [4.78, 5) is 11.0. The largest absolute Gasteiger partial charge is 0.319 e. The lowest BCUT2D eigenvalue weighted by molar-refractivity contribution is -0.121. The van der Waals surface area contributed by atoms with Gasteiger partial charge in [0.05, 0.1) is 0 Å². The number of hydrogen-bond donors (Lipinski definition) is 1. The Morgan fingerprint density at radius 3 is 2.27 bits per heavy atom. The van der Waals surface area contributed by atoms with Crippen LogP contribution in [-0.4, -0.2) is 19.4 Å².